The van der Waals surface area contributed by atoms with Crippen LogP contribution < -0.4 is 0 Å². The van der Waals surface area contributed by atoms with Gasteiger partial charge in [-0.15, -0.1) is 0 Å². The Labute approximate surface area is 137 Å². The number of rotatable bonds is 3. The molecule has 3 atom stereocenters. The highest BCUT2D eigenvalue weighted by atomic mass is 16.6. The van der Waals surface area contributed by atoms with Gasteiger partial charge in [0.1, 0.15) is 5.60 Å². The molecule has 1 N–H and O–H groups in total. The summed E-state index contributed by atoms with van der Waals surface area (Å²) in [6.07, 6.45) is 0.653. The second kappa shape index (κ2) is 6.13. The summed E-state index contributed by atoms with van der Waals surface area (Å²) < 4.78 is 5.51. The Balaban J connectivity index is 1.70. The van der Waals surface area contributed by atoms with Crippen molar-refractivity contribution in [3.8, 4) is 0 Å². The van der Waals surface area contributed by atoms with Gasteiger partial charge < -0.3 is 14.7 Å². The van der Waals surface area contributed by atoms with E-state index in [2.05, 4.69) is 17.0 Å². The minimum absolute atomic E-state index is 0.0125. The fourth-order valence-electron chi connectivity index (χ4n) is 3.74. The van der Waals surface area contributed by atoms with Crippen molar-refractivity contribution in [1.29, 1.82) is 0 Å². The van der Waals surface area contributed by atoms with E-state index in [0.717, 1.165) is 13.0 Å². The van der Waals surface area contributed by atoms with E-state index in [1.54, 1.807) is 4.90 Å². The summed E-state index contributed by atoms with van der Waals surface area (Å²) in [6, 6.07) is 10.6. The number of likely N-dealkylation sites (tertiary alicyclic amines) is 2. The van der Waals surface area contributed by atoms with Crippen molar-refractivity contribution in [2.75, 3.05) is 13.2 Å². The second-order valence-electron chi connectivity index (χ2n) is 7.50. The molecule has 5 heteroatoms. The molecule has 0 saturated carbocycles. The van der Waals surface area contributed by atoms with Crippen LogP contribution in [-0.2, 0) is 11.3 Å². The van der Waals surface area contributed by atoms with Gasteiger partial charge in [0.25, 0.3) is 0 Å². The number of hydrogen-bond donors (Lipinski definition) is 1. The summed E-state index contributed by atoms with van der Waals surface area (Å²) in [6.45, 7) is 7.20. The lowest BCUT2D eigenvalue weighted by Gasteiger charge is -2.40. The van der Waals surface area contributed by atoms with Gasteiger partial charge in [-0.05, 0) is 32.8 Å². The smallest absolute Gasteiger partial charge is 0.410 e. The van der Waals surface area contributed by atoms with Crippen LogP contribution in [0.25, 0.3) is 0 Å². The van der Waals surface area contributed by atoms with Crippen LogP contribution in [0.3, 0.4) is 0 Å². The minimum atomic E-state index is -0.489. The number of ether oxygens (including phenoxy) is 1. The normalized spacial score (nSPS) is 27.5. The van der Waals surface area contributed by atoms with E-state index in [1.165, 1.54) is 5.56 Å². The molecule has 1 aromatic rings. The standard InChI is InChI=1S/C18H26N2O3/c1-18(2,3)23-17(22)20-11-14-9-15(20)16(12-21)19(14)10-13-7-5-4-6-8-13/h4-8,14-16,21H,9-12H2,1-3H3/t14-,15-,16?/m0/s1. The molecule has 0 aliphatic carbocycles. The first-order chi connectivity index (χ1) is 10.9. The van der Waals surface area contributed by atoms with E-state index in [1.807, 2.05) is 39.0 Å². The van der Waals surface area contributed by atoms with Gasteiger partial charge in [-0.1, -0.05) is 30.3 Å². The van der Waals surface area contributed by atoms with Crippen LogP contribution in [0.4, 0.5) is 4.79 Å². The van der Waals surface area contributed by atoms with Crippen molar-refractivity contribution in [3.05, 3.63) is 35.9 Å². The Bertz CT molecular complexity index is 555. The average Bonchev–Trinajstić information content (AvgIpc) is 3.04. The van der Waals surface area contributed by atoms with E-state index in [9.17, 15) is 9.90 Å². The van der Waals surface area contributed by atoms with E-state index in [0.29, 0.717) is 12.6 Å². The van der Waals surface area contributed by atoms with E-state index < -0.39 is 5.60 Å². The SMILES string of the molecule is CC(C)(C)OC(=O)N1C[C@@H]2C[C@H]1C(CO)N2Cc1ccccc1. The number of hydrogen-bond acceptors (Lipinski definition) is 4. The molecule has 2 saturated heterocycles. The van der Waals surface area contributed by atoms with Crippen molar-refractivity contribution in [1.82, 2.24) is 9.80 Å². The molecule has 1 aromatic carbocycles. The predicted octanol–water partition coefficient (Wildman–Crippen LogP) is 2.24. The maximum Gasteiger partial charge on any atom is 0.410 e. The van der Waals surface area contributed by atoms with Crippen molar-refractivity contribution in [2.24, 2.45) is 0 Å². The number of aliphatic hydroxyl groups is 1. The molecule has 2 fully saturated rings. The molecular weight excluding hydrogens is 292 g/mol. The van der Waals surface area contributed by atoms with E-state index in [4.69, 9.17) is 4.74 Å². The summed E-state index contributed by atoms with van der Waals surface area (Å²) in [4.78, 5) is 16.5. The number of fused-ring (bicyclic) bond motifs is 2. The number of nitrogens with zero attached hydrogens (tertiary/aromatic N) is 2. The maximum absolute atomic E-state index is 12.4. The molecule has 23 heavy (non-hydrogen) atoms. The van der Waals surface area contributed by atoms with Gasteiger partial charge in [-0.25, -0.2) is 4.79 Å². The fraction of sp³-hybridized carbons (Fsp3) is 0.611. The van der Waals surface area contributed by atoms with Crippen LogP contribution in [0.5, 0.6) is 0 Å². The van der Waals surface area contributed by atoms with Gasteiger partial charge in [-0.3, -0.25) is 4.90 Å². The molecule has 2 aliphatic heterocycles. The molecule has 0 aromatic heterocycles. The number of carbonyl (C=O) groups excluding carboxylic acids is 1. The van der Waals surface area contributed by atoms with Crippen LogP contribution in [0.1, 0.15) is 32.8 Å². The molecule has 2 bridgehead atoms. The van der Waals surface area contributed by atoms with Crippen molar-refractivity contribution >= 4 is 6.09 Å². The zero-order valence-corrected chi connectivity index (χ0v) is 14.1. The summed E-state index contributed by atoms with van der Waals surface area (Å²) in [7, 11) is 0. The van der Waals surface area contributed by atoms with E-state index in [-0.39, 0.29) is 24.8 Å². The van der Waals surface area contributed by atoms with E-state index >= 15 is 0 Å². The largest absolute Gasteiger partial charge is 0.444 e. The van der Waals surface area contributed by atoms with Gasteiger partial charge in [0, 0.05) is 19.1 Å². The molecule has 2 aliphatic rings. The predicted molar refractivity (Wildman–Crippen MR) is 88.0 cm³/mol. The Morgan fingerprint density at radius 2 is 2.00 bits per heavy atom. The molecule has 1 unspecified atom stereocenters. The van der Waals surface area contributed by atoms with Crippen molar-refractivity contribution in [3.63, 3.8) is 0 Å². The Morgan fingerprint density at radius 3 is 2.61 bits per heavy atom. The van der Waals surface area contributed by atoms with Crippen LogP contribution in [0, 0.1) is 0 Å². The average molecular weight is 318 g/mol. The molecule has 126 valence electrons. The van der Waals surface area contributed by atoms with Crippen LogP contribution >= 0.6 is 0 Å². The van der Waals surface area contributed by atoms with Crippen molar-refractivity contribution < 1.29 is 14.6 Å². The highest BCUT2D eigenvalue weighted by molar-refractivity contribution is 5.69. The van der Waals surface area contributed by atoms with Crippen LogP contribution in [-0.4, -0.2) is 57.9 Å². The fourth-order valence-corrected chi connectivity index (χ4v) is 3.74. The zero-order chi connectivity index (χ0) is 16.6. The number of carbonyl (C=O) groups is 1. The quantitative estimate of drug-likeness (QED) is 0.929. The molecule has 0 spiro atoms. The molecule has 0 radical (unpaired) electrons. The highest BCUT2D eigenvalue weighted by Gasteiger charge is 2.52. The molecule has 3 rings (SSSR count). The molecule has 1 amide bonds. The first-order valence-electron chi connectivity index (χ1n) is 8.29. The van der Waals surface area contributed by atoms with Gasteiger partial charge >= 0.3 is 6.09 Å². The summed E-state index contributed by atoms with van der Waals surface area (Å²) >= 11 is 0. The third-order valence-electron chi connectivity index (χ3n) is 4.68. The molecular formula is C18H26N2O3. The summed E-state index contributed by atoms with van der Waals surface area (Å²) in [5.74, 6) is 0. The number of benzene rings is 1. The molecule has 2 heterocycles. The number of piperazine rings is 1. The van der Waals surface area contributed by atoms with Gasteiger partial charge in [0.15, 0.2) is 0 Å². The minimum Gasteiger partial charge on any atom is -0.444 e. The third kappa shape index (κ3) is 3.35. The Morgan fingerprint density at radius 1 is 1.30 bits per heavy atom. The lowest BCUT2D eigenvalue weighted by Crippen LogP contribution is -2.56. The first kappa shape index (κ1) is 16.3. The van der Waals surface area contributed by atoms with Gasteiger partial charge in [0.2, 0.25) is 0 Å². The topological polar surface area (TPSA) is 53.0 Å². The number of aliphatic hydroxyl groups excluding tert-OH is 1. The summed E-state index contributed by atoms with van der Waals surface area (Å²) in [5.41, 5.74) is 0.750. The van der Waals surface area contributed by atoms with Gasteiger partial charge in [0.05, 0.1) is 18.7 Å². The lowest BCUT2D eigenvalue weighted by atomic mass is 10.1. The second-order valence-corrected chi connectivity index (χ2v) is 7.50. The number of amides is 1. The van der Waals surface area contributed by atoms with Crippen LogP contribution in [0.15, 0.2) is 30.3 Å². The maximum atomic E-state index is 12.4. The summed E-state index contributed by atoms with van der Waals surface area (Å²) in [5, 5.41) is 9.85. The lowest BCUT2D eigenvalue weighted by molar-refractivity contribution is -0.00831. The third-order valence-corrected chi connectivity index (χ3v) is 4.68. The Kier molecular flexibility index (Phi) is 4.34. The Hall–Kier alpha value is -1.59. The van der Waals surface area contributed by atoms with Crippen LogP contribution in [0.2, 0.25) is 0 Å². The first-order valence-corrected chi connectivity index (χ1v) is 8.29. The highest BCUT2D eigenvalue weighted by Crippen LogP contribution is 2.37. The molecule has 5 nitrogen and oxygen atoms in total. The zero-order valence-electron chi connectivity index (χ0n) is 14.1. The monoisotopic (exact) mass is 318 g/mol. The van der Waals surface area contributed by atoms with Gasteiger partial charge in [-0.2, -0.15) is 0 Å². The van der Waals surface area contributed by atoms with Crippen molar-refractivity contribution in [2.45, 2.75) is 57.5 Å².